The van der Waals surface area contributed by atoms with E-state index in [-0.39, 0.29) is 18.5 Å². The normalized spacial score (nSPS) is 14.4. The van der Waals surface area contributed by atoms with Gasteiger partial charge in [-0.1, -0.05) is 24.3 Å². The zero-order valence-electron chi connectivity index (χ0n) is 19.1. The monoisotopic (exact) mass is 501 g/mol. The second-order valence-electron chi connectivity index (χ2n) is 8.33. The molecule has 0 bridgehead atoms. The fourth-order valence-corrected chi connectivity index (χ4v) is 3.87. The number of anilines is 1. The standard InChI is InChI=1S/C26H23F4N3O3/c27-21-4-2-1-3-19(21)22-8-5-17(15-31-22)13-24(34)18-6-7-20(26(28,29)30)23(14-18)32-25(35)16-33-9-11-36-12-10-33/h1-8,14-15H,9-13,16H2,(H,32,35). The van der Waals surface area contributed by atoms with Crippen LogP contribution in [0, 0.1) is 5.82 Å². The number of halogens is 4. The molecule has 0 radical (unpaired) electrons. The zero-order chi connectivity index (χ0) is 25.7. The minimum atomic E-state index is -4.71. The van der Waals surface area contributed by atoms with Crippen molar-refractivity contribution in [1.29, 1.82) is 0 Å². The molecule has 0 atom stereocenters. The number of hydrogen-bond donors (Lipinski definition) is 1. The number of alkyl halides is 3. The molecule has 0 aliphatic carbocycles. The van der Waals surface area contributed by atoms with Crippen molar-refractivity contribution in [2.24, 2.45) is 0 Å². The van der Waals surface area contributed by atoms with Gasteiger partial charge in [-0.15, -0.1) is 0 Å². The Morgan fingerprint density at radius 2 is 1.78 bits per heavy atom. The van der Waals surface area contributed by atoms with Gasteiger partial charge in [0.1, 0.15) is 5.82 Å². The second-order valence-corrected chi connectivity index (χ2v) is 8.33. The van der Waals surface area contributed by atoms with Crippen molar-refractivity contribution < 1.29 is 31.9 Å². The lowest BCUT2D eigenvalue weighted by atomic mass is 10.0. The van der Waals surface area contributed by atoms with Crippen molar-refractivity contribution in [2.45, 2.75) is 12.6 Å². The van der Waals surface area contributed by atoms with Crippen LogP contribution >= 0.6 is 0 Å². The number of Topliss-reactive ketones (excluding diaryl/α,β-unsaturated/α-hetero) is 1. The fraction of sp³-hybridized carbons (Fsp3) is 0.269. The smallest absolute Gasteiger partial charge is 0.379 e. The Morgan fingerprint density at radius 1 is 1.03 bits per heavy atom. The first kappa shape index (κ1) is 25.5. The van der Waals surface area contributed by atoms with Gasteiger partial charge < -0.3 is 10.1 Å². The van der Waals surface area contributed by atoms with E-state index in [0.29, 0.717) is 43.1 Å². The number of amides is 1. The van der Waals surface area contributed by atoms with E-state index in [1.807, 2.05) is 0 Å². The lowest BCUT2D eigenvalue weighted by Crippen LogP contribution is -2.41. The average Bonchev–Trinajstić information content (AvgIpc) is 2.85. The molecular weight excluding hydrogens is 478 g/mol. The fourth-order valence-electron chi connectivity index (χ4n) is 3.87. The molecule has 6 nitrogen and oxygen atoms in total. The van der Waals surface area contributed by atoms with Gasteiger partial charge in [-0.2, -0.15) is 13.2 Å². The minimum Gasteiger partial charge on any atom is -0.379 e. The van der Waals surface area contributed by atoms with Crippen LogP contribution in [0.15, 0.2) is 60.8 Å². The topological polar surface area (TPSA) is 71.5 Å². The predicted molar refractivity (Wildman–Crippen MR) is 125 cm³/mol. The SMILES string of the molecule is O=C(CN1CCOCC1)Nc1cc(C(=O)Cc2ccc(-c3ccccc3F)nc2)ccc1C(F)(F)F. The number of benzene rings is 2. The molecule has 0 spiro atoms. The van der Waals surface area contributed by atoms with Gasteiger partial charge in [0, 0.05) is 36.8 Å². The summed E-state index contributed by atoms with van der Waals surface area (Å²) in [5, 5.41) is 2.31. The molecule has 188 valence electrons. The molecule has 1 aliphatic rings. The molecule has 1 aliphatic heterocycles. The minimum absolute atomic E-state index is 0.0165. The van der Waals surface area contributed by atoms with Gasteiger partial charge >= 0.3 is 6.18 Å². The quantitative estimate of drug-likeness (QED) is 0.379. The van der Waals surface area contributed by atoms with Crippen molar-refractivity contribution >= 4 is 17.4 Å². The first-order valence-electron chi connectivity index (χ1n) is 11.2. The number of morpholine rings is 1. The molecule has 10 heteroatoms. The third-order valence-corrected chi connectivity index (χ3v) is 5.73. The second kappa shape index (κ2) is 11.0. The maximum atomic E-state index is 14.0. The summed E-state index contributed by atoms with van der Waals surface area (Å²) in [4.78, 5) is 31.2. The molecule has 36 heavy (non-hydrogen) atoms. The van der Waals surface area contributed by atoms with Crippen molar-refractivity contribution in [3.8, 4) is 11.3 Å². The molecule has 0 unspecified atom stereocenters. The van der Waals surface area contributed by atoms with Gasteiger partial charge in [-0.05, 0) is 35.9 Å². The van der Waals surface area contributed by atoms with Crippen LogP contribution in [-0.2, 0) is 22.1 Å². The van der Waals surface area contributed by atoms with Gasteiger partial charge in [0.15, 0.2) is 5.78 Å². The molecule has 3 aromatic rings. The Balaban J connectivity index is 1.49. The summed E-state index contributed by atoms with van der Waals surface area (Å²) in [6.45, 7) is 1.81. The van der Waals surface area contributed by atoms with E-state index < -0.39 is 34.9 Å². The number of nitrogens with zero attached hydrogens (tertiary/aromatic N) is 2. The number of carbonyl (C=O) groups excluding carboxylic acids is 2. The zero-order valence-corrected chi connectivity index (χ0v) is 19.1. The number of ketones is 1. The van der Waals surface area contributed by atoms with E-state index in [1.54, 1.807) is 35.2 Å². The highest BCUT2D eigenvalue weighted by atomic mass is 19.4. The van der Waals surface area contributed by atoms with Crippen molar-refractivity contribution in [2.75, 3.05) is 38.2 Å². The van der Waals surface area contributed by atoms with E-state index in [0.717, 1.165) is 18.2 Å². The van der Waals surface area contributed by atoms with E-state index in [4.69, 9.17) is 4.74 Å². The third-order valence-electron chi connectivity index (χ3n) is 5.73. The average molecular weight is 501 g/mol. The number of ether oxygens (including phenoxy) is 1. The van der Waals surface area contributed by atoms with Crippen LogP contribution in [0.1, 0.15) is 21.5 Å². The Kier molecular flexibility index (Phi) is 7.76. The summed E-state index contributed by atoms with van der Waals surface area (Å²) >= 11 is 0. The van der Waals surface area contributed by atoms with Gasteiger partial charge in [0.25, 0.3) is 0 Å². The number of hydrogen-bond acceptors (Lipinski definition) is 5. The highest BCUT2D eigenvalue weighted by Gasteiger charge is 2.34. The van der Waals surface area contributed by atoms with Crippen LogP contribution < -0.4 is 5.32 Å². The number of nitrogens with one attached hydrogen (secondary N) is 1. The van der Waals surface area contributed by atoms with Gasteiger partial charge in [0.2, 0.25) is 5.91 Å². The van der Waals surface area contributed by atoms with Crippen LogP contribution in [0.4, 0.5) is 23.2 Å². The Labute approximate surface area is 204 Å². The molecule has 1 saturated heterocycles. The van der Waals surface area contributed by atoms with Gasteiger partial charge in [-0.25, -0.2) is 4.39 Å². The van der Waals surface area contributed by atoms with Crippen LogP contribution in [0.25, 0.3) is 11.3 Å². The molecule has 1 N–H and O–H groups in total. The first-order valence-corrected chi connectivity index (χ1v) is 11.2. The molecule has 1 fully saturated rings. The molecular formula is C26H23F4N3O3. The molecule has 2 heterocycles. The summed E-state index contributed by atoms with van der Waals surface area (Å²) in [6, 6.07) is 12.3. The Morgan fingerprint density at radius 3 is 2.44 bits per heavy atom. The maximum absolute atomic E-state index is 14.0. The molecule has 4 rings (SSSR count). The Hall–Kier alpha value is -3.63. The van der Waals surface area contributed by atoms with Crippen LogP contribution in [0.5, 0.6) is 0 Å². The molecule has 1 amide bonds. The maximum Gasteiger partial charge on any atom is 0.418 e. The van der Waals surface area contributed by atoms with E-state index in [9.17, 15) is 27.2 Å². The van der Waals surface area contributed by atoms with Gasteiger partial charge in [-0.3, -0.25) is 19.5 Å². The highest BCUT2D eigenvalue weighted by molar-refractivity contribution is 6.00. The van der Waals surface area contributed by atoms with Crippen molar-refractivity contribution in [1.82, 2.24) is 9.88 Å². The third kappa shape index (κ3) is 6.32. The van der Waals surface area contributed by atoms with Crippen molar-refractivity contribution in [3.63, 3.8) is 0 Å². The molecule has 2 aromatic carbocycles. The van der Waals surface area contributed by atoms with E-state index in [2.05, 4.69) is 10.3 Å². The molecule has 0 saturated carbocycles. The summed E-state index contributed by atoms with van der Waals surface area (Å²) in [5.41, 5.74) is -0.273. The lowest BCUT2D eigenvalue weighted by Gasteiger charge is -2.26. The number of aromatic nitrogens is 1. The van der Waals surface area contributed by atoms with Crippen molar-refractivity contribution in [3.05, 3.63) is 83.3 Å². The number of rotatable bonds is 7. The number of carbonyl (C=O) groups is 2. The summed E-state index contributed by atoms with van der Waals surface area (Å²) in [5.74, 6) is -1.49. The van der Waals surface area contributed by atoms with Crippen LogP contribution in [0.2, 0.25) is 0 Å². The lowest BCUT2D eigenvalue weighted by molar-refractivity contribution is -0.137. The molecule has 1 aromatic heterocycles. The number of pyridine rings is 1. The summed E-state index contributed by atoms with van der Waals surface area (Å²) in [7, 11) is 0. The van der Waals surface area contributed by atoms with E-state index >= 15 is 0 Å². The first-order chi connectivity index (χ1) is 17.2. The summed E-state index contributed by atoms with van der Waals surface area (Å²) in [6.07, 6.45) is -3.42. The summed E-state index contributed by atoms with van der Waals surface area (Å²) < 4.78 is 59.8. The van der Waals surface area contributed by atoms with E-state index in [1.165, 1.54) is 12.3 Å². The largest absolute Gasteiger partial charge is 0.418 e. The van der Waals surface area contributed by atoms with Gasteiger partial charge in [0.05, 0.1) is 36.7 Å². The highest BCUT2D eigenvalue weighted by Crippen LogP contribution is 2.35. The Bertz CT molecular complexity index is 1240. The predicted octanol–water partition coefficient (Wildman–Crippen LogP) is 4.60. The van der Waals surface area contributed by atoms with Crippen LogP contribution in [0.3, 0.4) is 0 Å². The van der Waals surface area contributed by atoms with Crippen LogP contribution in [-0.4, -0.2) is 54.4 Å².